The number of imide groups is 1. The molecule has 7 nitrogen and oxygen atoms in total. The molecule has 0 bridgehead atoms. The number of rotatable bonds is 2. The zero-order valence-corrected chi connectivity index (χ0v) is 11.5. The largest absolute Gasteiger partial charge is 0.333 e. The minimum absolute atomic E-state index is 0.0337. The van der Waals surface area contributed by atoms with Crippen LogP contribution in [0.3, 0.4) is 0 Å². The van der Waals surface area contributed by atoms with Crippen LogP contribution in [-0.4, -0.2) is 59.7 Å². The van der Waals surface area contributed by atoms with Gasteiger partial charge in [0.2, 0.25) is 0 Å². The van der Waals surface area contributed by atoms with Gasteiger partial charge in [0.1, 0.15) is 6.17 Å². The van der Waals surface area contributed by atoms with Crippen molar-refractivity contribution in [2.75, 3.05) is 13.6 Å². The average molecular weight is 266 g/mol. The second-order valence-electron chi connectivity index (χ2n) is 5.87. The monoisotopic (exact) mass is 266 g/mol. The Hall–Kier alpha value is -1.92. The first-order chi connectivity index (χ1) is 8.71. The highest BCUT2D eigenvalue weighted by atomic mass is 16.2. The summed E-state index contributed by atoms with van der Waals surface area (Å²) in [5.41, 5.74) is -0.467. The number of hydrogen-bond donors (Lipinski definition) is 1. The van der Waals surface area contributed by atoms with E-state index in [0.717, 1.165) is 0 Å². The maximum absolute atomic E-state index is 12.1. The molecular weight excluding hydrogens is 248 g/mol. The molecule has 0 spiro atoms. The molecular formula is C12H18N4O3. The molecule has 0 aromatic heterocycles. The van der Waals surface area contributed by atoms with Crippen molar-refractivity contribution in [2.24, 2.45) is 10.4 Å². The lowest BCUT2D eigenvalue weighted by molar-refractivity contribution is -0.130. The van der Waals surface area contributed by atoms with Crippen molar-refractivity contribution < 1.29 is 14.4 Å². The van der Waals surface area contributed by atoms with Crippen molar-refractivity contribution in [1.29, 1.82) is 0 Å². The lowest BCUT2D eigenvalue weighted by atomic mass is 9.90. The Morgan fingerprint density at radius 1 is 1.42 bits per heavy atom. The van der Waals surface area contributed by atoms with Crippen LogP contribution in [0, 0.1) is 5.41 Å². The molecule has 2 aliphatic rings. The van der Waals surface area contributed by atoms with Gasteiger partial charge in [-0.15, -0.1) is 0 Å². The fourth-order valence-electron chi connectivity index (χ4n) is 2.05. The Labute approximate surface area is 111 Å². The molecule has 0 aromatic carbocycles. The minimum Gasteiger partial charge on any atom is -0.333 e. The summed E-state index contributed by atoms with van der Waals surface area (Å²) < 4.78 is 0. The van der Waals surface area contributed by atoms with Crippen LogP contribution in [0.2, 0.25) is 0 Å². The van der Waals surface area contributed by atoms with Crippen LogP contribution in [0.4, 0.5) is 4.79 Å². The molecule has 19 heavy (non-hydrogen) atoms. The maximum Gasteiger partial charge on any atom is 0.325 e. The predicted molar refractivity (Wildman–Crippen MR) is 68.5 cm³/mol. The Balaban J connectivity index is 2.16. The highest BCUT2D eigenvalue weighted by Crippen LogP contribution is 2.23. The third-order valence-electron chi connectivity index (χ3n) is 3.38. The lowest BCUT2D eigenvalue weighted by Crippen LogP contribution is -2.64. The Morgan fingerprint density at radius 3 is 2.63 bits per heavy atom. The molecule has 2 rings (SSSR count). The smallest absolute Gasteiger partial charge is 0.325 e. The molecule has 104 valence electrons. The molecule has 1 N–H and O–H groups in total. The van der Waals surface area contributed by atoms with Gasteiger partial charge >= 0.3 is 6.03 Å². The number of urea groups is 1. The number of fused-ring (bicyclic) bond motifs is 1. The van der Waals surface area contributed by atoms with Crippen molar-refractivity contribution in [3.63, 3.8) is 0 Å². The summed E-state index contributed by atoms with van der Waals surface area (Å²) in [6.07, 6.45) is 0.973. The van der Waals surface area contributed by atoms with E-state index in [4.69, 9.17) is 0 Å². The van der Waals surface area contributed by atoms with E-state index in [1.54, 1.807) is 11.9 Å². The van der Waals surface area contributed by atoms with Crippen LogP contribution in [0.25, 0.3) is 0 Å². The molecule has 2 aliphatic heterocycles. The van der Waals surface area contributed by atoms with Crippen LogP contribution in [-0.2, 0) is 9.59 Å². The van der Waals surface area contributed by atoms with Crippen LogP contribution in [0.1, 0.15) is 20.8 Å². The van der Waals surface area contributed by atoms with Gasteiger partial charge in [-0.05, 0) is 0 Å². The van der Waals surface area contributed by atoms with Gasteiger partial charge in [0.05, 0.1) is 12.9 Å². The van der Waals surface area contributed by atoms with Gasteiger partial charge in [-0.1, -0.05) is 20.8 Å². The Kier molecular flexibility index (Phi) is 3.07. The Morgan fingerprint density at radius 2 is 2.05 bits per heavy atom. The molecule has 0 saturated carbocycles. The fraction of sp³-hybridized carbons (Fsp3) is 0.667. The van der Waals surface area contributed by atoms with E-state index in [1.165, 1.54) is 11.2 Å². The van der Waals surface area contributed by atoms with E-state index >= 15 is 0 Å². The number of carbonyl (C=O) groups is 3. The lowest BCUT2D eigenvalue weighted by Gasteiger charge is -2.38. The van der Waals surface area contributed by atoms with Gasteiger partial charge < -0.3 is 9.80 Å². The van der Waals surface area contributed by atoms with Gasteiger partial charge in [-0.25, -0.2) is 4.79 Å². The van der Waals surface area contributed by atoms with E-state index < -0.39 is 29.6 Å². The van der Waals surface area contributed by atoms with E-state index in [1.807, 2.05) is 20.8 Å². The maximum atomic E-state index is 12.1. The Bertz CT molecular complexity index is 466. The highest BCUT2D eigenvalue weighted by Gasteiger charge is 2.46. The summed E-state index contributed by atoms with van der Waals surface area (Å²) in [6.45, 7) is 5.65. The standard InChI is InChI=1S/C12H18N4O3/c1-12(2,3)7(17)5-16-6-13-8-9(18)14-11(19)15(4)10(8)16/h6,8,10H,5H2,1-4H3,(H,14,18,19). The number of ketones is 1. The number of carbonyl (C=O) groups excluding carboxylic acids is 3. The van der Waals surface area contributed by atoms with Gasteiger partial charge in [0.15, 0.2) is 11.8 Å². The van der Waals surface area contributed by atoms with Gasteiger partial charge in [-0.3, -0.25) is 19.9 Å². The molecule has 1 fully saturated rings. The summed E-state index contributed by atoms with van der Waals surface area (Å²) in [4.78, 5) is 42.5. The van der Waals surface area contributed by atoms with Crippen molar-refractivity contribution in [2.45, 2.75) is 33.0 Å². The number of likely N-dealkylation sites (N-methyl/N-ethyl adjacent to an activating group) is 1. The summed E-state index contributed by atoms with van der Waals surface area (Å²) in [7, 11) is 1.59. The number of nitrogens with zero attached hydrogens (tertiary/aromatic N) is 3. The van der Waals surface area contributed by atoms with Crippen molar-refractivity contribution in [3.8, 4) is 0 Å². The van der Waals surface area contributed by atoms with E-state index in [-0.39, 0.29) is 12.3 Å². The summed E-state index contributed by atoms with van der Waals surface area (Å²) >= 11 is 0. The SMILES string of the molecule is CN1C(=O)NC(=O)C2N=CN(CC(=O)C(C)(C)C)C21. The van der Waals surface area contributed by atoms with Gasteiger partial charge in [-0.2, -0.15) is 0 Å². The topological polar surface area (TPSA) is 82.1 Å². The van der Waals surface area contributed by atoms with Gasteiger partial charge in [0, 0.05) is 12.5 Å². The van der Waals surface area contributed by atoms with Crippen LogP contribution >= 0.6 is 0 Å². The number of aliphatic imine (C=N–C) groups is 1. The van der Waals surface area contributed by atoms with Crippen LogP contribution in [0.15, 0.2) is 4.99 Å². The molecule has 7 heteroatoms. The van der Waals surface area contributed by atoms with Crippen LogP contribution < -0.4 is 5.32 Å². The van der Waals surface area contributed by atoms with E-state index in [0.29, 0.717) is 0 Å². The second kappa shape index (κ2) is 4.32. The molecule has 2 unspecified atom stereocenters. The summed E-state index contributed by atoms with van der Waals surface area (Å²) in [5, 5.41) is 2.23. The minimum atomic E-state index is -0.657. The molecule has 3 amide bonds. The third kappa shape index (κ3) is 2.32. The highest BCUT2D eigenvalue weighted by molar-refractivity contribution is 6.02. The molecule has 0 aromatic rings. The summed E-state index contributed by atoms with van der Waals surface area (Å²) in [5.74, 6) is -0.388. The normalized spacial score (nSPS) is 26.5. The fourth-order valence-corrected chi connectivity index (χ4v) is 2.05. The number of hydrogen-bond acceptors (Lipinski definition) is 5. The molecule has 2 heterocycles. The number of Topliss-reactive ketones (excluding diaryl/α,β-unsaturated/α-hetero) is 1. The number of nitrogens with one attached hydrogen (secondary N) is 1. The third-order valence-corrected chi connectivity index (χ3v) is 3.38. The second-order valence-corrected chi connectivity index (χ2v) is 5.87. The van der Waals surface area contributed by atoms with Crippen LogP contribution in [0.5, 0.6) is 0 Å². The molecule has 0 radical (unpaired) electrons. The van der Waals surface area contributed by atoms with Crippen molar-refractivity contribution in [1.82, 2.24) is 15.1 Å². The zero-order chi connectivity index (χ0) is 14.4. The van der Waals surface area contributed by atoms with Gasteiger partial charge in [0.25, 0.3) is 5.91 Å². The van der Waals surface area contributed by atoms with Crippen molar-refractivity contribution >= 4 is 24.1 Å². The molecule has 2 atom stereocenters. The van der Waals surface area contributed by atoms with E-state index in [9.17, 15) is 14.4 Å². The van der Waals surface area contributed by atoms with Crippen molar-refractivity contribution in [3.05, 3.63) is 0 Å². The first-order valence-corrected chi connectivity index (χ1v) is 6.12. The first kappa shape index (κ1) is 13.5. The average Bonchev–Trinajstić information content (AvgIpc) is 2.69. The first-order valence-electron chi connectivity index (χ1n) is 6.12. The number of amides is 3. The molecule has 1 saturated heterocycles. The zero-order valence-electron chi connectivity index (χ0n) is 11.5. The molecule has 0 aliphatic carbocycles. The van der Waals surface area contributed by atoms with E-state index in [2.05, 4.69) is 10.3 Å². The summed E-state index contributed by atoms with van der Waals surface area (Å²) in [6, 6.07) is -1.12. The quantitative estimate of drug-likeness (QED) is 0.751. The predicted octanol–water partition coefficient (Wildman–Crippen LogP) is -0.178.